The summed E-state index contributed by atoms with van der Waals surface area (Å²) < 4.78 is 22.6. The van der Waals surface area contributed by atoms with E-state index in [4.69, 9.17) is 18.9 Å². The molecule has 0 saturated carbocycles. The predicted octanol–water partition coefficient (Wildman–Crippen LogP) is 0.130. The largest absolute Gasteiger partial charge is 0.386 e. The van der Waals surface area contributed by atoms with Crippen LogP contribution in [0, 0.1) is 0 Å². The molecule has 8 nitrogen and oxygen atoms in total. The number of amides is 2. The molecule has 2 aliphatic rings. The maximum atomic E-state index is 11.7. The van der Waals surface area contributed by atoms with Crippen molar-refractivity contribution in [2.75, 3.05) is 20.8 Å². The highest BCUT2D eigenvalue weighted by Crippen LogP contribution is 2.34. The lowest BCUT2D eigenvalue weighted by molar-refractivity contribution is -0.340. The lowest BCUT2D eigenvalue weighted by Crippen LogP contribution is -2.67. The van der Waals surface area contributed by atoms with Gasteiger partial charge in [0.1, 0.15) is 18.3 Å². The summed E-state index contributed by atoms with van der Waals surface area (Å²) in [4.78, 5) is 11.7. The van der Waals surface area contributed by atoms with Crippen molar-refractivity contribution in [3.05, 3.63) is 35.9 Å². The number of urea groups is 1. The number of benzene rings is 1. The normalized spacial score (nSPS) is 35.8. The molecule has 8 heteroatoms. The molecule has 24 heavy (non-hydrogen) atoms. The zero-order valence-corrected chi connectivity index (χ0v) is 13.5. The SMILES string of the molecule is CNC(=O)N[C@H]1[C@H](O)[C@@H](OC)O[C@@H]2COC(c3ccccc3)O[C@@H]12. The third-order valence-electron chi connectivity index (χ3n) is 4.20. The molecule has 3 rings (SSSR count). The summed E-state index contributed by atoms with van der Waals surface area (Å²) in [5.41, 5.74) is 0.859. The van der Waals surface area contributed by atoms with Crippen LogP contribution in [0.3, 0.4) is 0 Å². The molecular weight excluding hydrogens is 316 g/mol. The molecule has 2 amide bonds. The summed E-state index contributed by atoms with van der Waals surface area (Å²) in [6.07, 6.45) is -3.54. The van der Waals surface area contributed by atoms with Crippen LogP contribution in [0.15, 0.2) is 30.3 Å². The van der Waals surface area contributed by atoms with Crippen molar-refractivity contribution in [1.29, 1.82) is 0 Å². The van der Waals surface area contributed by atoms with Gasteiger partial charge in [0, 0.05) is 19.7 Å². The van der Waals surface area contributed by atoms with Gasteiger partial charge in [0.05, 0.1) is 12.6 Å². The van der Waals surface area contributed by atoms with Gasteiger partial charge in [0.2, 0.25) is 0 Å². The topological polar surface area (TPSA) is 98.3 Å². The van der Waals surface area contributed by atoms with Crippen molar-refractivity contribution in [3.63, 3.8) is 0 Å². The Labute approximate surface area is 140 Å². The van der Waals surface area contributed by atoms with Crippen LogP contribution in [0.4, 0.5) is 4.79 Å². The number of hydrogen-bond acceptors (Lipinski definition) is 6. The zero-order chi connectivity index (χ0) is 17.1. The van der Waals surface area contributed by atoms with E-state index in [1.54, 1.807) is 0 Å². The maximum Gasteiger partial charge on any atom is 0.314 e. The van der Waals surface area contributed by atoms with Crippen LogP contribution in [0.1, 0.15) is 11.9 Å². The summed E-state index contributed by atoms with van der Waals surface area (Å²) in [5, 5.41) is 15.6. The second kappa shape index (κ2) is 7.45. The van der Waals surface area contributed by atoms with Gasteiger partial charge in [-0.05, 0) is 0 Å². The van der Waals surface area contributed by atoms with E-state index in [1.165, 1.54) is 14.2 Å². The second-order valence-electron chi connectivity index (χ2n) is 5.70. The van der Waals surface area contributed by atoms with Gasteiger partial charge in [-0.1, -0.05) is 30.3 Å². The molecule has 2 heterocycles. The van der Waals surface area contributed by atoms with Crippen LogP contribution in [0.25, 0.3) is 0 Å². The fourth-order valence-corrected chi connectivity index (χ4v) is 2.97. The van der Waals surface area contributed by atoms with Crippen LogP contribution < -0.4 is 10.6 Å². The molecule has 1 aromatic rings. The van der Waals surface area contributed by atoms with E-state index in [2.05, 4.69) is 10.6 Å². The number of methoxy groups -OCH3 is 1. The molecule has 1 unspecified atom stereocenters. The third-order valence-corrected chi connectivity index (χ3v) is 4.20. The Hall–Kier alpha value is -1.71. The van der Waals surface area contributed by atoms with Gasteiger partial charge in [0.15, 0.2) is 12.6 Å². The summed E-state index contributed by atoms with van der Waals surface area (Å²) in [6, 6.07) is 8.36. The van der Waals surface area contributed by atoms with Crippen LogP contribution in [-0.2, 0) is 18.9 Å². The molecule has 1 aromatic carbocycles. The van der Waals surface area contributed by atoms with Crippen LogP contribution in [-0.4, -0.2) is 62.5 Å². The molecule has 132 valence electrons. The Bertz CT molecular complexity index is 557. The first kappa shape index (κ1) is 17.1. The van der Waals surface area contributed by atoms with Gasteiger partial charge in [-0.3, -0.25) is 0 Å². The highest BCUT2D eigenvalue weighted by molar-refractivity contribution is 5.74. The van der Waals surface area contributed by atoms with E-state index < -0.39 is 43.0 Å². The van der Waals surface area contributed by atoms with E-state index in [9.17, 15) is 9.90 Å². The van der Waals surface area contributed by atoms with Gasteiger partial charge in [-0.2, -0.15) is 0 Å². The standard InChI is InChI=1S/C16H22N2O6/c1-17-16(20)18-11-12(19)15(21-2)23-10-8-22-14(24-13(10)11)9-6-4-3-5-7-9/h3-7,10-15,19H,8H2,1-2H3,(H2,17,18,20)/t10-,11+,12+,13-,14?,15+/m1/s1. The minimum absolute atomic E-state index is 0.267. The van der Waals surface area contributed by atoms with E-state index in [0.717, 1.165) is 5.56 Å². The minimum Gasteiger partial charge on any atom is -0.386 e. The highest BCUT2D eigenvalue weighted by atomic mass is 16.7. The number of aliphatic hydroxyl groups excluding tert-OH is 1. The first-order chi connectivity index (χ1) is 11.6. The average Bonchev–Trinajstić information content (AvgIpc) is 2.64. The van der Waals surface area contributed by atoms with Crippen molar-refractivity contribution in [1.82, 2.24) is 10.6 Å². The van der Waals surface area contributed by atoms with E-state index in [-0.39, 0.29) is 6.61 Å². The number of carbonyl (C=O) groups is 1. The van der Waals surface area contributed by atoms with Crippen molar-refractivity contribution in [2.24, 2.45) is 0 Å². The van der Waals surface area contributed by atoms with E-state index >= 15 is 0 Å². The van der Waals surface area contributed by atoms with Crippen molar-refractivity contribution >= 4 is 6.03 Å². The average molecular weight is 338 g/mol. The Morgan fingerprint density at radius 3 is 2.71 bits per heavy atom. The van der Waals surface area contributed by atoms with Gasteiger partial charge in [-0.25, -0.2) is 4.79 Å². The number of nitrogens with one attached hydrogen (secondary N) is 2. The number of rotatable bonds is 3. The van der Waals surface area contributed by atoms with E-state index in [0.29, 0.717) is 0 Å². The first-order valence-electron chi connectivity index (χ1n) is 7.80. The second-order valence-corrected chi connectivity index (χ2v) is 5.70. The van der Waals surface area contributed by atoms with Gasteiger partial charge in [-0.15, -0.1) is 0 Å². The molecule has 0 spiro atoms. The quantitative estimate of drug-likeness (QED) is 0.725. The fourth-order valence-electron chi connectivity index (χ4n) is 2.97. The fraction of sp³-hybridized carbons (Fsp3) is 0.562. The van der Waals surface area contributed by atoms with Crippen LogP contribution in [0.2, 0.25) is 0 Å². The van der Waals surface area contributed by atoms with Crippen molar-refractivity contribution in [2.45, 2.75) is 36.9 Å². The Balaban J connectivity index is 1.80. The molecular formula is C16H22N2O6. The summed E-state index contributed by atoms with van der Waals surface area (Å²) in [6.45, 7) is 0.267. The minimum atomic E-state index is -1.07. The van der Waals surface area contributed by atoms with Gasteiger partial charge in [0.25, 0.3) is 0 Å². The summed E-state index contributed by atoms with van der Waals surface area (Å²) in [5.74, 6) is 0. The number of aliphatic hydroxyl groups is 1. The predicted molar refractivity (Wildman–Crippen MR) is 83.1 cm³/mol. The van der Waals surface area contributed by atoms with E-state index in [1.807, 2.05) is 30.3 Å². The molecule has 0 aliphatic carbocycles. The monoisotopic (exact) mass is 338 g/mol. The maximum absolute atomic E-state index is 11.7. The van der Waals surface area contributed by atoms with Crippen molar-refractivity contribution < 1.29 is 28.8 Å². The first-order valence-corrected chi connectivity index (χ1v) is 7.80. The molecule has 2 aliphatic heterocycles. The Morgan fingerprint density at radius 1 is 1.29 bits per heavy atom. The number of carbonyl (C=O) groups excluding carboxylic acids is 1. The molecule has 0 aromatic heterocycles. The molecule has 3 N–H and O–H groups in total. The number of hydrogen-bond donors (Lipinski definition) is 3. The summed E-state index contributed by atoms with van der Waals surface area (Å²) in [7, 11) is 2.94. The highest BCUT2D eigenvalue weighted by Gasteiger charge is 2.50. The molecule has 0 radical (unpaired) electrons. The Morgan fingerprint density at radius 2 is 2.04 bits per heavy atom. The van der Waals surface area contributed by atoms with Gasteiger partial charge >= 0.3 is 6.03 Å². The molecule has 2 saturated heterocycles. The molecule has 0 bridgehead atoms. The van der Waals surface area contributed by atoms with Crippen molar-refractivity contribution in [3.8, 4) is 0 Å². The van der Waals surface area contributed by atoms with Crippen LogP contribution in [0.5, 0.6) is 0 Å². The smallest absolute Gasteiger partial charge is 0.314 e. The van der Waals surface area contributed by atoms with Crippen LogP contribution >= 0.6 is 0 Å². The van der Waals surface area contributed by atoms with Gasteiger partial charge < -0.3 is 34.7 Å². The summed E-state index contributed by atoms with van der Waals surface area (Å²) >= 11 is 0. The lowest BCUT2D eigenvalue weighted by Gasteiger charge is -2.47. The zero-order valence-electron chi connectivity index (χ0n) is 13.5. The number of ether oxygens (including phenoxy) is 4. The number of fused-ring (bicyclic) bond motifs is 1. The lowest BCUT2D eigenvalue weighted by atomic mass is 9.95. The third kappa shape index (κ3) is 3.38. The Kier molecular flexibility index (Phi) is 5.32. The molecule has 2 fully saturated rings. The molecule has 6 atom stereocenters.